The van der Waals surface area contributed by atoms with Crippen molar-refractivity contribution in [3.8, 4) is 17.1 Å². The first-order chi connectivity index (χ1) is 14.7. The molecule has 30 heavy (non-hydrogen) atoms. The van der Waals surface area contributed by atoms with Gasteiger partial charge in [0.05, 0.1) is 32.5 Å². The predicted molar refractivity (Wildman–Crippen MR) is 112 cm³/mol. The first-order valence-corrected chi connectivity index (χ1v) is 10.1. The maximum absolute atomic E-state index is 12.7. The highest BCUT2D eigenvalue weighted by molar-refractivity contribution is 5.78. The van der Waals surface area contributed by atoms with Crippen molar-refractivity contribution in [2.75, 3.05) is 20.2 Å². The number of amides is 1. The molecule has 2 aliphatic rings. The van der Waals surface area contributed by atoms with E-state index in [1.54, 1.807) is 7.11 Å². The summed E-state index contributed by atoms with van der Waals surface area (Å²) in [4.78, 5) is 23.8. The SMILES string of the molecule is COc1cccc(CCC(=O)N2CC3(C2)OCc2nc(-c4ccccc4)ncc23)c1. The summed E-state index contributed by atoms with van der Waals surface area (Å²) in [5, 5.41) is 0. The molecule has 0 radical (unpaired) electrons. The van der Waals surface area contributed by atoms with E-state index in [2.05, 4.69) is 4.98 Å². The highest BCUT2D eigenvalue weighted by Crippen LogP contribution is 2.43. The third-order valence-corrected chi connectivity index (χ3v) is 5.88. The zero-order valence-electron chi connectivity index (χ0n) is 16.9. The number of fused-ring (bicyclic) bond motifs is 2. The molecule has 0 unspecified atom stereocenters. The smallest absolute Gasteiger partial charge is 0.223 e. The summed E-state index contributed by atoms with van der Waals surface area (Å²) < 4.78 is 11.3. The number of hydrogen-bond donors (Lipinski definition) is 0. The molecular weight excluding hydrogens is 378 g/mol. The molecule has 2 aromatic carbocycles. The van der Waals surface area contributed by atoms with Crippen LogP contribution in [0.3, 0.4) is 0 Å². The summed E-state index contributed by atoms with van der Waals surface area (Å²) in [6.07, 6.45) is 3.04. The number of hydrogen-bond acceptors (Lipinski definition) is 5. The molecule has 1 amide bonds. The van der Waals surface area contributed by atoms with E-state index in [0.29, 0.717) is 38.4 Å². The molecular formula is C24H23N3O3. The van der Waals surface area contributed by atoms with Crippen molar-refractivity contribution in [1.29, 1.82) is 0 Å². The summed E-state index contributed by atoms with van der Waals surface area (Å²) >= 11 is 0. The summed E-state index contributed by atoms with van der Waals surface area (Å²) in [5.74, 6) is 1.66. The van der Waals surface area contributed by atoms with Crippen LogP contribution >= 0.6 is 0 Å². The van der Waals surface area contributed by atoms with Gasteiger partial charge in [0.15, 0.2) is 5.82 Å². The Morgan fingerprint density at radius 2 is 2.00 bits per heavy atom. The number of nitrogens with zero attached hydrogens (tertiary/aromatic N) is 3. The lowest BCUT2D eigenvalue weighted by molar-refractivity contribution is -0.168. The third-order valence-electron chi connectivity index (χ3n) is 5.88. The molecule has 0 N–H and O–H groups in total. The van der Waals surface area contributed by atoms with Crippen LogP contribution in [0.5, 0.6) is 5.75 Å². The van der Waals surface area contributed by atoms with Crippen molar-refractivity contribution in [3.05, 3.63) is 77.6 Å². The minimum Gasteiger partial charge on any atom is -0.497 e. The number of carbonyl (C=O) groups is 1. The number of carbonyl (C=O) groups excluding carboxylic acids is 1. The monoisotopic (exact) mass is 401 g/mol. The summed E-state index contributed by atoms with van der Waals surface area (Å²) in [7, 11) is 1.65. The van der Waals surface area contributed by atoms with Crippen molar-refractivity contribution in [2.24, 2.45) is 0 Å². The average molecular weight is 401 g/mol. The first kappa shape index (κ1) is 18.8. The summed E-state index contributed by atoms with van der Waals surface area (Å²) in [6.45, 7) is 1.58. The fraction of sp³-hybridized carbons (Fsp3) is 0.292. The Bertz CT molecular complexity index is 1080. The standard InChI is InChI=1S/C24H23N3O3/c1-29-19-9-5-6-17(12-19)10-11-22(28)27-15-24(16-27)20-13-25-23(26-21(20)14-30-24)18-7-3-2-4-8-18/h2-9,12-13H,10-11,14-16H2,1H3. The number of methoxy groups -OCH3 is 1. The second-order valence-corrected chi connectivity index (χ2v) is 7.80. The van der Waals surface area contributed by atoms with Crippen LogP contribution in [0.4, 0.5) is 0 Å². The molecule has 0 atom stereocenters. The van der Waals surface area contributed by atoms with E-state index in [9.17, 15) is 4.79 Å². The molecule has 1 saturated heterocycles. The van der Waals surface area contributed by atoms with Gasteiger partial charge in [0.1, 0.15) is 11.4 Å². The van der Waals surface area contributed by atoms with Gasteiger partial charge < -0.3 is 14.4 Å². The van der Waals surface area contributed by atoms with E-state index < -0.39 is 5.60 Å². The second kappa shape index (κ2) is 7.54. The normalized spacial score (nSPS) is 16.2. The molecule has 3 heterocycles. The molecule has 5 rings (SSSR count). The molecule has 3 aromatic rings. The van der Waals surface area contributed by atoms with E-state index in [0.717, 1.165) is 28.1 Å². The number of likely N-dealkylation sites (tertiary alicyclic amines) is 1. The summed E-state index contributed by atoms with van der Waals surface area (Å²) in [6, 6.07) is 17.8. The van der Waals surface area contributed by atoms with Crippen LogP contribution in [-0.2, 0) is 28.2 Å². The third kappa shape index (κ3) is 3.33. The van der Waals surface area contributed by atoms with Crippen LogP contribution in [0.25, 0.3) is 11.4 Å². The van der Waals surface area contributed by atoms with Gasteiger partial charge in [0, 0.05) is 23.7 Å². The fourth-order valence-electron chi connectivity index (χ4n) is 4.16. The zero-order chi connectivity index (χ0) is 20.6. The van der Waals surface area contributed by atoms with Crippen molar-refractivity contribution < 1.29 is 14.3 Å². The number of benzene rings is 2. The Labute approximate surface area is 175 Å². The fourth-order valence-corrected chi connectivity index (χ4v) is 4.16. The van der Waals surface area contributed by atoms with Crippen molar-refractivity contribution in [3.63, 3.8) is 0 Å². The molecule has 0 aliphatic carbocycles. The number of rotatable bonds is 5. The van der Waals surface area contributed by atoms with E-state index in [-0.39, 0.29) is 5.91 Å². The van der Waals surface area contributed by atoms with Gasteiger partial charge in [-0.05, 0) is 24.1 Å². The van der Waals surface area contributed by atoms with E-state index in [1.807, 2.05) is 65.7 Å². The lowest BCUT2D eigenvalue weighted by atomic mass is 9.87. The molecule has 152 valence electrons. The number of aryl methyl sites for hydroxylation is 1. The quantitative estimate of drug-likeness (QED) is 0.656. The van der Waals surface area contributed by atoms with Crippen LogP contribution in [0.2, 0.25) is 0 Å². The van der Waals surface area contributed by atoms with E-state index in [1.165, 1.54) is 0 Å². The number of aromatic nitrogens is 2. The largest absolute Gasteiger partial charge is 0.497 e. The first-order valence-electron chi connectivity index (χ1n) is 10.1. The minimum absolute atomic E-state index is 0.141. The molecule has 2 aliphatic heterocycles. The Balaban J connectivity index is 1.23. The predicted octanol–water partition coefficient (Wildman–Crippen LogP) is 3.35. The summed E-state index contributed by atoms with van der Waals surface area (Å²) in [5.41, 5.74) is 3.58. The molecule has 0 bridgehead atoms. The maximum atomic E-state index is 12.7. The van der Waals surface area contributed by atoms with Crippen LogP contribution in [0, 0.1) is 0 Å². The van der Waals surface area contributed by atoms with Gasteiger partial charge in [-0.2, -0.15) is 0 Å². The molecule has 1 aromatic heterocycles. The van der Waals surface area contributed by atoms with Crippen LogP contribution in [0.15, 0.2) is 60.8 Å². The van der Waals surface area contributed by atoms with Gasteiger partial charge in [0.25, 0.3) is 0 Å². The molecule has 1 spiro atoms. The van der Waals surface area contributed by atoms with Crippen molar-refractivity contribution in [1.82, 2.24) is 14.9 Å². The average Bonchev–Trinajstić information content (AvgIpc) is 3.16. The van der Waals surface area contributed by atoms with Gasteiger partial charge in [-0.1, -0.05) is 42.5 Å². The van der Waals surface area contributed by atoms with Crippen molar-refractivity contribution >= 4 is 5.91 Å². The van der Waals surface area contributed by atoms with E-state index in [4.69, 9.17) is 14.5 Å². The van der Waals surface area contributed by atoms with Gasteiger partial charge in [-0.15, -0.1) is 0 Å². The molecule has 1 fully saturated rings. The topological polar surface area (TPSA) is 64.5 Å². The molecule has 6 nitrogen and oxygen atoms in total. The molecule has 0 saturated carbocycles. The van der Waals surface area contributed by atoms with Crippen LogP contribution in [0.1, 0.15) is 23.2 Å². The van der Waals surface area contributed by atoms with Gasteiger partial charge in [0.2, 0.25) is 5.91 Å². The molecule has 6 heteroatoms. The highest BCUT2D eigenvalue weighted by Gasteiger charge is 2.52. The Kier molecular flexibility index (Phi) is 4.71. The lowest BCUT2D eigenvalue weighted by Gasteiger charge is -2.47. The van der Waals surface area contributed by atoms with Crippen molar-refractivity contribution in [2.45, 2.75) is 25.0 Å². The van der Waals surface area contributed by atoms with Gasteiger partial charge in [-0.3, -0.25) is 4.79 Å². The lowest BCUT2D eigenvalue weighted by Crippen LogP contribution is -2.61. The maximum Gasteiger partial charge on any atom is 0.223 e. The zero-order valence-corrected chi connectivity index (χ0v) is 16.9. The minimum atomic E-state index is -0.448. The van der Waals surface area contributed by atoms with Gasteiger partial charge >= 0.3 is 0 Å². The van der Waals surface area contributed by atoms with Crippen LogP contribution in [-0.4, -0.2) is 41.0 Å². The van der Waals surface area contributed by atoms with Crippen LogP contribution < -0.4 is 4.74 Å². The van der Waals surface area contributed by atoms with E-state index >= 15 is 0 Å². The second-order valence-electron chi connectivity index (χ2n) is 7.80. The highest BCUT2D eigenvalue weighted by atomic mass is 16.5. The Morgan fingerprint density at radius 1 is 1.17 bits per heavy atom. The Morgan fingerprint density at radius 3 is 2.80 bits per heavy atom. The Hall–Kier alpha value is -3.25. The number of ether oxygens (including phenoxy) is 2. The van der Waals surface area contributed by atoms with Gasteiger partial charge in [-0.25, -0.2) is 9.97 Å².